The molecule has 0 atom stereocenters. The van der Waals surface area contributed by atoms with Gasteiger partial charge in [-0.15, -0.1) is 0 Å². The van der Waals surface area contributed by atoms with Gasteiger partial charge in [-0.2, -0.15) is 0 Å². The second-order valence-corrected chi connectivity index (χ2v) is 4.91. The molecule has 1 aromatic rings. The minimum absolute atomic E-state index is 0.527. The van der Waals surface area contributed by atoms with Crippen LogP contribution in [-0.2, 0) is 6.42 Å². The molecule has 15 heavy (non-hydrogen) atoms. The second-order valence-electron chi connectivity index (χ2n) is 4.34. The van der Waals surface area contributed by atoms with Crippen LogP contribution in [0.2, 0.25) is 0 Å². The Morgan fingerprint density at radius 1 is 1.20 bits per heavy atom. The van der Waals surface area contributed by atoms with Crippen molar-refractivity contribution < 1.29 is 5.11 Å². The third-order valence-corrected chi connectivity index (χ3v) is 3.45. The van der Waals surface area contributed by atoms with Crippen LogP contribution in [0.5, 0.6) is 0 Å². The minimum Gasteiger partial charge on any atom is -0.389 e. The SMILES string of the molecule is OC1(Cc2ccccc2)CCN(S)CC1. The number of piperidine rings is 1. The van der Waals surface area contributed by atoms with Crippen molar-refractivity contribution in [3.8, 4) is 0 Å². The van der Waals surface area contributed by atoms with E-state index in [1.165, 1.54) is 5.56 Å². The van der Waals surface area contributed by atoms with Crippen LogP contribution in [0.15, 0.2) is 30.3 Å². The molecule has 2 rings (SSSR count). The lowest BCUT2D eigenvalue weighted by atomic mass is 9.86. The lowest BCUT2D eigenvalue weighted by molar-refractivity contribution is -0.00251. The highest BCUT2D eigenvalue weighted by molar-refractivity contribution is 7.77. The molecule has 0 spiro atoms. The molecular formula is C12H17NOS. The van der Waals surface area contributed by atoms with E-state index in [0.717, 1.165) is 32.4 Å². The Bertz CT molecular complexity index is 307. The Balaban J connectivity index is 1.99. The van der Waals surface area contributed by atoms with Crippen molar-refractivity contribution in [1.82, 2.24) is 4.31 Å². The van der Waals surface area contributed by atoms with Gasteiger partial charge in [0.25, 0.3) is 0 Å². The molecule has 2 nitrogen and oxygen atoms in total. The monoisotopic (exact) mass is 223 g/mol. The van der Waals surface area contributed by atoms with Crippen molar-refractivity contribution in [2.24, 2.45) is 0 Å². The summed E-state index contributed by atoms with van der Waals surface area (Å²) >= 11 is 4.29. The van der Waals surface area contributed by atoms with E-state index >= 15 is 0 Å². The van der Waals surface area contributed by atoms with Crippen LogP contribution in [0.4, 0.5) is 0 Å². The highest BCUT2D eigenvalue weighted by Gasteiger charge is 2.31. The molecule has 0 bridgehead atoms. The first-order valence-corrected chi connectivity index (χ1v) is 5.78. The van der Waals surface area contributed by atoms with Crippen LogP contribution in [0.3, 0.4) is 0 Å². The number of nitrogens with zero attached hydrogens (tertiary/aromatic N) is 1. The van der Waals surface area contributed by atoms with Gasteiger partial charge in [0, 0.05) is 19.5 Å². The summed E-state index contributed by atoms with van der Waals surface area (Å²) in [5.41, 5.74) is 0.688. The molecule has 0 amide bonds. The summed E-state index contributed by atoms with van der Waals surface area (Å²) in [6, 6.07) is 10.2. The van der Waals surface area contributed by atoms with Crippen molar-refractivity contribution in [1.29, 1.82) is 0 Å². The summed E-state index contributed by atoms with van der Waals surface area (Å²) < 4.78 is 1.97. The summed E-state index contributed by atoms with van der Waals surface area (Å²) in [6.45, 7) is 1.74. The molecule has 0 aliphatic carbocycles. The number of thiol groups is 1. The van der Waals surface area contributed by atoms with Gasteiger partial charge in [0.2, 0.25) is 0 Å². The van der Waals surface area contributed by atoms with Gasteiger partial charge in [-0.3, -0.25) is 4.31 Å². The average Bonchev–Trinajstić information content (AvgIpc) is 2.24. The van der Waals surface area contributed by atoms with Gasteiger partial charge in [0.15, 0.2) is 0 Å². The van der Waals surface area contributed by atoms with E-state index < -0.39 is 5.60 Å². The fourth-order valence-corrected chi connectivity index (χ4v) is 2.26. The maximum Gasteiger partial charge on any atom is 0.0713 e. The molecule has 0 unspecified atom stereocenters. The molecule has 0 aromatic heterocycles. The fourth-order valence-electron chi connectivity index (χ4n) is 2.06. The zero-order valence-electron chi connectivity index (χ0n) is 8.76. The Labute approximate surface area is 96.5 Å². The first kappa shape index (κ1) is 11.0. The van der Waals surface area contributed by atoms with Gasteiger partial charge < -0.3 is 5.11 Å². The summed E-state index contributed by atoms with van der Waals surface area (Å²) in [5, 5.41) is 10.4. The van der Waals surface area contributed by atoms with Gasteiger partial charge in [0.1, 0.15) is 0 Å². The number of rotatable bonds is 2. The average molecular weight is 223 g/mol. The second kappa shape index (κ2) is 4.56. The topological polar surface area (TPSA) is 23.5 Å². The van der Waals surface area contributed by atoms with E-state index in [2.05, 4.69) is 24.9 Å². The van der Waals surface area contributed by atoms with Crippen LogP contribution < -0.4 is 0 Å². The van der Waals surface area contributed by atoms with Crippen molar-refractivity contribution in [2.45, 2.75) is 24.9 Å². The molecule has 1 N–H and O–H groups in total. The smallest absolute Gasteiger partial charge is 0.0713 e. The van der Waals surface area contributed by atoms with Crippen molar-refractivity contribution >= 4 is 12.8 Å². The van der Waals surface area contributed by atoms with Crippen LogP contribution in [0.25, 0.3) is 0 Å². The number of hydrogen-bond acceptors (Lipinski definition) is 3. The van der Waals surface area contributed by atoms with Crippen molar-refractivity contribution in [3.05, 3.63) is 35.9 Å². The van der Waals surface area contributed by atoms with Gasteiger partial charge in [-0.25, -0.2) is 0 Å². The molecule has 1 heterocycles. The lowest BCUT2D eigenvalue weighted by Gasteiger charge is -2.36. The molecule has 1 saturated heterocycles. The molecule has 1 aliphatic rings. The van der Waals surface area contributed by atoms with Crippen molar-refractivity contribution in [3.63, 3.8) is 0 Å². The van der Waals surface area contributed by atoms with Crippen LogP contribution in [0.1, 0.15) is 18.4 Å². The van der Waals surface area contributed by atoms with Crippen LogP contribution >= 0.6 is 12.8 Å². The van der Waals surface area contributed by atoms with Gasteiger partial charge >= 0.3 is 0 Å². The summed E-state index contributed by atoms with van der Waals surface area (Å²) in [5.74, 6) is 0. The maximum absolute atomic E-state index is 10.4. The maximum atomic E-state index is 10.4. The van der Waals surface area contributed by atoms with Crippen molar-refractivity contribution in [2.75, 3.05) is 13.1 Å². The fraction of sp³-hybridized carbons (Fsp3) is 0.500. The number of aliphatic hydroxyl groups is 1. The Morgan fingerprint density at radius 2 is 1.80 bits per heavy atom. The van der Waals surface area contributed by atoms with Gasteiger partial charge in [-0.05, 0) is 18.4 Å². The highest BCUT2D eigenvalue weighted by Crippen LogP contribution is 2.26. The quantitative estimate of drug-likeness (QED) is 0.748. The number of hydrogen-bond donors (Lipinski definition) is 2. The predicted molar refractivity (Wildman–Crippen MR) is 64.9 cm³/mol. The lowest BCUT2D eigenvalue weighted by Crippen LogP contribution is -2.42. The van der Waals surface area contributed by atoms with E-state index in [-0.39, 0.29) is 0 Å². The highest BCUT2D eigenvalue weighted by atomic mass is 32.1. The first-order valence-electron chi connectivity index (χ1n) is 5.38. The molecule has 1 aliphatic heterocycles. The Morgan fingerprint density at radius 3 is 2.40 bits per heavy atom. The molecule has 0 radical (unpaired) electrons. The van der Waals surface area contributed by atoms with E-state index in [0.29, 0.717) is 0 Å². The number of benzene rings is 1. The van der Waals surface area contributed by atoms with E-state index in [1.807, 2.05) is 22.5 Å². The Hall–Kier alpha value is -0.510. The zero-order chi connectivity index (χ0) is 10.7. The van der Waals surface area contributed by atoms with E-state index in [9.17, 15) is 5.11 Å². The summed E-state index contributed by atoms with van der Waals surface area (Å²) in [6.07, 6.45) is 2.38. The predicted octanol–water partition coefficient (Wildman–Crippen LogP) is 1.90. The standard InChI is InChI=1S/C12H17NOS/c14-12(6-8-13(15)9-7-12)10-11-4-2-1-3-5-11/h1-5,14-15H,6-10H2. The zero-order valence-corrected chi connectivity index (χ0v) is 9.66. The van der Waals surface area contributed by atoms with Crippen LogP contribution in [0, 0.1) is 0 Å². The third-order valence-electron chi connectivity index (χ3n) is 3.05. The molecule has 82 valence electrons. The van der Waals surface area contributed by atoms with Gasteiger partial charge in [0.05, 0.1) is 5.60 Å². The van der Waals surface area contributed by atoms with E-state index in [1.54, 1.807) is 0 Å². The van der Waals surface area contributed by atoms with E-state index in [4.69, 9.17) is 0 Å². The van der Waals surface area contributed by atoms with Crippen LogP contribution in [-0.4, -0.2) is 28.1 Å². The molecule has 0 saturated carbocycles. The Kier molecular flexibility index (Phi) is 3.34. The minimum atomic E-state index is -0.527. The molecular weight excluding hydrogens is 206 g/mol. The molecule has 1 fully saturated rings. The normalized spacial score (nSPS) is 21.5. The molecule has 3 heteroatoms. The van der Waals surface area contributed by atoms with Gasteiger partial charge in [-0.1, -0.05) is 43.1 Å². The first-order chi connectivity index (χ1) is 7.18. The largest absolute Gasteiger partial charge is 0.389 e. The third kappa shape index (κ3) is 2.97. The summed E-state index contributed by atoms with van der Waals surface area (Å²) in [4.78, 5) is 0. The molecule has 1 aromatic carbocycles. The summed E-state index contributed by atoms with van der Waals surface area (Å²) in [7, 11) is 0.